The number of anilines is 1. The summed E-state index contributed by atoms with van der Waals surface area (Å²) in [6.07, 6.45) is 1.19. The average Bonchev–Trinajstić information content (AvgIpc) is 2.71. The van der Waals surface area contributed by atoms with Gasteiger partial charge in [0.05, 0.1) is 17.6 Å². The van der Waals surface area contributed by atoms with Gasteiger partial charge in [0.15, 0.2) is 0 Å². The predicted molar refractivity (Wildman–Crippen MR) is 110 cm³/mol. The second kappa shape index (κ2) is 10.8. The van der Waals surface area contributed by atoms with Crippen molar-refractivity contribution in [3.63, 3.8) is 0 Å². The van der Waals surface area contributed by atoms with E-state index >= 15 is 0 Å². The topological polar surface area (TPSA) is 114 Å². The van der Waals surface area contributed by atoms with Crippen LogP contribution >= 0.6 is 0 Å². The largest absolute Gasteiger partial charge is 0.497 e. The lowest BCUT2D eigenvalue weighted by molar-refractivity contribution is 0.0697. The minimum atomic E-state index is -3.79. The van der Waals surface area contributed by atoms with E-state index in [-0.39, 0.29) is 17.0 Å². The van der Waals surface area contributed by atoms with Gasteiger partial charge in [-0.2, -0.15) is 0 Å². The highest BCUT2D eigenvalue weighted by Gasteiger charge is 2.18. The van der Waals surface area contributed by atoms with Crippen molar-refractivity contribution in [2.45, 2.75) is 17.7 Å². The molecule has 2 aromatic rings. The lowest BCUT2D eigenvalue weighted by Gasteiger charge is -2.12. The highest BCUT2D eigenvalue weighted by molar-refractivity contribution is 7.89. The minimum Gasteiger partial charge on any atom is -0.497 e. The highest BCUT2D eigenvalue weighted by atomic mass is 32.2. The average molecular weight is 423 g/mol. The first-order chi connectivity index (χ1) is 13.9. The molecule has 0 radical (unpaired) electrons. The maximum absolute atomic E-state index is 12.4. The summed E-state index contributed by atoms with van der Waals surface area (Å²) in [6.45, 7) is 1.13. The monoisotopic (exact) mass is 422 g/mol. The quantitative estimate of drug-likeness (QED) is 0.450. The van der Waals surface area contributed by atoms with E-state index in [9.17, 15) is 18.3 Å². The Balaban J connectivity index is 2.05. The van der Waals surface area contributed by atoms with Gasteiger partial charge in [0.2, 0.25) is 10.0 Å². The molecule has 2 rings (SSSR count). The summed E-state index contributed by atoms with van der Waals surface area (Å²) in [5.74, 6) is -0.434. The molecule has 9 heteroatoms. The molecule has 29 heavy (non-hydrogen) atoms. The Labute approximate surface area is 170 Å². The second-order valence-electron chi connectivity index (χ2n) is 6.28. The molecule has 2 aromatic carbocycles. The zero-order chi connectivity index (χ0) is 21.3. The van der Waals surface area contributed by atoms with Crippen LogP contribution in [0.15, 0.2) is 47.4 Å². The highest BCUT2D eigenvalue weighted by Crippen LogP contribution is 2.21. The molecular weight excluding hydrogens is 396 g/mol. The Morgan fingerprint density at radius 3 is 2.41 bits per heavy atom. The van der Waals surface area contributed by atoms with E-state index in [0.29, 0.717) is 31.7 Å². The summed E-state index contributed by atoms with van der Waals surface area (Å²) in [7, 11) is -0.656. The molecule has 0 atom stereocenters. The predicted octanol–water partition coefficient (Wildman–Crippen LogP) is 2.36. The number of hydrogen-bond acceptors (Lipinski definition) is 6. The molecule has 0 spiro atoms. The molecule has 0 unspecified atom stereocenters. The lowest BCUT2D eigenvalue weighted by atomic mass is 10.1. The van der Waals surface area contributed by atoms with Crippen LogP contribution in [-0.2, 0) is 21.2 Å². The van der Waals surface area contributed by atoms with E-state index in [1.165, 1.54) is 19.2 Å². The molecule has 3 N–H and O–H groups in total. The third-order valence-electron chi connectivity index (χ3n) is 4.24. The molecule has 8 nitrogen and oxygen atoms in total. The first-order valence-electron chi connectivity index (χ1n) is 9.10. The molecule has 0 saturated carbocycles. The van der Waals surface area contributed by atoms with Crippen molar-refractivity contribution in [1.29, 1.82) is 0 Å². The standard InChI is InChI=1S/C20H26N2O6S/c1-27-13-3-11-22-29(25,26)17-8-9-19(18(14-17)20(23)24)21-12-10-15-4-6-16(28-2)7-5-15/h4-9,14,21-22H,3,10-13H2,1-2H3,(H,23,24). The number of ether oxygens (including phenoxy) is 2. The molecule has 0 aliphatic rings. The summed E-state index contributed by atoms with van der Waals surface area (Å²) in [5, 5.41) is 12.6. The summed E-state index contributed by atoms with van der Waals surface area (Å²) in [5.41, 5.74) is 1.33. The maximum Gasteiger partial charge on any atom is 0.337 e. The Morgan fingerprint density at radius 2 is 1.79 bits per heavy atom. The molecule has 0 aromatic heterocycles. The number of aromatic carboxylic acids is 1. The van der Waals surface area contributed by atoms with Crippen molar-refractivity contribution >= 4 is 21.7 Å². The van der Waals surface area contributed by atoms with E-state index in [1.807, 2.05) is 24.3 Å². The van der Waals surface area contributed by atoms with Crippen LogP contribution in [0.1, 0.15) is 22.3 Å². The molecule has 0 saturated heterocycles. The number of hydrogen-bond donors (Lipinski definition) is 3. The number of sulfonamides is 1. The molecular formula is C20H26N2O6S. The fourth-order valence-corrected chi connectivity index (χ4v) is 3.76. The van der Waals surface area contributed by atoms with E-state index in [1.54, 1.807) is 7.11 Å². The van der Waals surface area contributed by atoms with Crippen molar-refractivity contribution in [3.8, 4) is 5.75 Å². The third-order valence-corrected chi connectivity index (χ3v) is 5.70. The fourth-order valence-electron chi connectivity index (χ4n) is 2.66. The van der Waals surface area contributed by atoms with Crippen molar-refractivity contribution in [2.75, 3.05) is 39.2 Å². The zero-order valence-electron chi connectivity index (χ0n) is 16.5. The van der Waals surface area contributed by atoms with Crippen LogP contribution in [0.3, 0.4) is 0 Å². The molecule has 0 fully saturated rings. The number of carboxylic acids is 1. The van der Waals surface area contributed by atoms with Crippen LogP contribution in [0, 0.1) is 0 Å². The lowest BCUT2D eigenvalue weighted by Crippen LogP contribution is -2.26. The summed E-state index contributed by atoms with van der Waals surface area (Å²) >= 11 is 0. The van der Waals surface area contributed by atoms with Crippen molar-refractivity contribution in [3.05, 3.63) is 53.6 Å². The molecule has 0 aliphatic heterocycles. The smallest absolute Gasteiger partial charge is 0.337 e. The van der Waals surface area contributed by atoms with Gasteiger partial charge in [0, 0.05) is 32.5 Å². The normalized spacial score (nSPS) is 11.2. The Hall–Kier alpha value is -2.62. The van der Waals surface area contributed by atoms with Gasteiger partial charge in [-0.15, -0.1) is 0 Å². The number of methoxy groups -OCH3 is 2. The first-order valence-corrected chi connectivity index (χ1v) is 10.6. The summed E-state index contributed by atoms with van der Waals surface area (Å²) in [6, 6.07) is 11.6. The molecule has 0 heterocycles. The van der Waals surface area contributed by atoms with Gasteiger partial charge >= 0.3 is 5.97 Å². The maximum atomic E-state index is 12.4. The van der Waals surface area contributed by atoms with Crippen LogP contribution in [0.5, 0.6) is 5.75 Å². The zero-order valence-corrected chi connectivity index (χ0v) is 17.3. The molecule has 158 valence electrons. The van der Waals surface area contributed by atoms with Gasteiger partial charge in [-0.05, 0) is 48.7 Å². The fraction of sp³-hybridized carbons (Fsp3) is 0.350. The molecule has 0 bridgehead atoms. The van der Waals surface area contributed by atoms with Gasteiger partial charge in [-0.1, -0.05) is 12.1 Å². The number of rotatable bonds is 12. The van der Waals surface area contributed by atoms with Crippen molar-refractivity contribution in [1.82, 2.24) is 4.72 Å². The van der Waals surface area contributed by atoms with Crippen LogP contribution in [0.2, 0.25) is 0 Å². The SMILES string of the molecule is COCCCNS(=O)(=O)c1ccc(NCCc2ccc(OC)cc2)c(C(=O)O)c1. The number of nitrogens with one attached hydrogen (secondary N) is 2. The van der Waals surface area contributed by atoms with Crippen LogP contribution in [-0.4, -0.2) is 53.4 Å². The van der Waals surface area contributed by atoms with Crippen LogP contribution < -0.4 is 14.8 Å². The third kappa shape index (κ3) is 6.74. The Kier molecular flexibility index (Phi) is 8.44. The van der Waals surface area contributed by atoms with Crippen LogP contribution in [0.25, 0.3) is 0 Å². The van der Waals surface area contributed by atoms with E-state index in [0.717, 1.165) is 17.4 Å². The van der Waals surface area contributed by atoms with Gasteiger partial charge in [0.25, 0.3) is 0 Å². The summed E-state index contributed by atoms with van der Waals surface area (Å²) < 4.78 is 37.2. The Bertz CT molecular complexity index is 913. The molecule has 0 aliphatic carbocycles. The first kappa shape index (κ1) is 22.7. The number of carbonyl (C=O) groups is 1. The van der Waals surface area contributed by atoms with E-state index in [4.69, 9.17) is 9.47 Å². The van der Waals surface area contributed by atoms with Gasteiger partial charge in [0.1, 0.15) is 5.75 Å². The van der Waals surface area contributed by atoms with Crippen LogP contribution in [0.4, 0.5) is 5.69 Å². The van der Waals surface area contributed by atoms with E-state index < -0.39 is 16.0 Å². The number of benzene rings is 2. The van der Waals surface area contributed by atoms with Gasteiger partial charge in [-0.3, -0.25) is 0 Å². The minimum absolute atomic E-state index is 0.0898. The number of carboxylic acid groups (broad SMARTS) is 1. The van der Waals surface area contributed by atoms with Gasteiger partial charge in [-0.25, -0.2) is 17.9 Å². The summed E-state index contributed by atoms with van der Waals surface area (Å²) in [4.78, 5) is 11.5. The molecule has 0 amide bonds. The van der Waals surface area contributed by atoms with E-state index in [2.05, 4.69) is 10.0 Å². The Morgan fingerprint density at radius 1 is 1.07 bits per heavy atom. The van der Waals surface area contributed by atoms with Crippen molar-refractivity contribution in [2.24, 2.45) is 0 Å². The van der Waals surface area contributed by atoms with Crippen molar-refractivity contribution < 1.29 is 27.8 Å². The second-order valence-corrected chi connectivity index (χ2v) is 8.05. The van der Waals surface area contributed by atoms with Gasteiger partial charge < -0.3 is 19.9 Å².